The Labute approximate surface area is 112 Å². The maximum Gasteiger partial charge on any atom is 0.225 e. The van der Waals surface area contributed by atoms with Gasteiger partial charge in [-0.15, -0.1) is 0 Å². The fraction of sp³-hybridized carbons (Fsp3) is 0.538. The summed E-state index contributed by atoms with van der Waals surface area (Å²) in [5.74, 6) is 1.21. The minimum atomic E-state index is 0.0169. The highest BCUT2D eigenvalue weighted by atomic mass is 35.5. The van der Waals surface area contributed by atoms with Crippen LogP contribution in [0, 0.1) is 5.92 Å². The van der Waals surface area contributed by atoms with Crippen molar-refractivity contribution in [3.8, 4) is 0 Å². The molecule has 5 heteroatoms. The molecular formula is C13H18ClN3O. The van der Waals surface area contributed by atoms with E-state index in [-0.39, 0.29) is 5.91 Å². The number of piperidine rings is 1. The highest BCUT2D eigenvalue weighted by Gasteiger charge is 2.14. The Morgan fingerprint density at radius 2 is 2.22 bits per heavy atom. The zero-order valence-electron chi connectivity index (χ0n) is 10.3. The zero-order valence-corrected chi connectivity index (χ0v) is 11.0. The van der Waals surface area contributed by atoms with Crippen LogP contribution >= 0.6 is 11.6 Å². The number of carbonyl (C=O) groups is 1. The third-order valence-corrected chi connectivity index (χ3v) is 3.43. The van der Waals surface area contributed by atoms with Gasteiger partial charge >= 0.3 is 0 Å². The summed E-state index contributed by atoms with van der Waals surface area (Å²) in [6, 6.07) is 5.21. The first-order valence-corrected chi connectivity index (χ1v) is 6.75. The second-order valence-electron chi connectivity index (χ2n) is 4.63. The zero-order chi connectivity index (χ0) is 12.8. The van der Waals surface area contributed by atoms with Crippen LogP contribution in [-0.2, 0) is 4.79 Å². The summed E-state index contributed by atoms with van der Waals surface area (Å²) in [7, 11) is 0. The number of hydrogen-bond acceptors (Lipinski definition) is 3. The maximum absolute atomic E-state index is 11.8. The summed E-state index contributed by atoms with van der Waals surface area (Å²) in [6.07, 6.45) is 3.85. The van der Waals surface area contributed by atoms with E-state index >= 15 is 0 Å². The van der Waals surface area contributed by atoms with E-state index < -0.39 is 0 Å². The SMILES string of the molecule is O=C(CCC1CCNCC1)Nc1cccc(Cl)n1. The molecule has 1 aromatic rings. The number of rotatable bonds is 4. The van der Waals surface area contributed by atoms with Gasteiger partial charge in [0.25, 0.3) is 0 Å². The van der Waals surface area contributed by atoms with Crippen molar-refractivity contribution in [2.24, 2.45) is 5.92 Å². The van der Waals surface area contributed by atoms with Crippen LogP contribution in [0.1, 0.15) is 25.7 Å². The smallest absolute Gasteiger partial charge is 0.225 e. The van der Waals surface area contributed by atoms with Crippen LogP contribution in [0.15, 0.2) is 18.2 Å². The number of nitrogens with zero attached hydrogens (tertiary/aromatic N) is 1. The van der Waals surface area contributed by atoms with Crippen molar-refractivity contribution in [1.82, 2.24) is 10.3 Å². The molecule has 0 radical (unpaired) electrons. The van der Waals surface area contributed by atoms with E-state index in [1.54, 1.807) is 18.2 Å². The quantitative estimate of drug-likeness (QED) is 0.824. The largest absolute Gasteiger partial charge is 0.317 e. The van der Waals surface area contributed by atoms with E-state index in [0.717, 1.165) is 19.5 Å². The molecule has 1 fully saturated rings. The first-order chi connectivity index (χ1) is 8.74. The molecule has 1 saturated heterocycles. The molecule has 0 aliphatic carbocycles. The summed E-state index contributed by atoms with van der Waals surface area (Å²) in [5, 5.41) is 6.49. The Morgan fingerprint density at radius 1 is 1.44 bits per heavy atom. The molecule has 0 aromatic carbocycles. The second-order valence-corrected chi connectivity index (χ2v) is 5.01. The Morgan fingerprint density at radius 3 is 2.94 bits per heavy atom. The molecule has 1 aromatic heterocycles. The fourth-order valence-corrected chi connectivity index (χ4v) is 2.35. The summed E-state index contributed by atoms with van der Waals surface area (Å²) in [4.78, 5) is 15.8. The lowest BCUT2D eigenvalue weighted by Gasteiger charge is -2.22. The molecule has 2 rings (SSSR count). The average molecular weight is 268 g/mol. The average Bonchev–Trinajstić information content (AvgIpc) is 2.38. The topological polar surface area (TPSA) is 54.0 Å². The third kappa shape index (κ3) is 4.27. The van der Waals surface area contributed by atoms with Crippen LogP contribution in [0.4, 0.5) is 5.82 Å². The van der Waals surface area contributed by atoms with Gasteiger partial charge in [0.2, 0.25) is 5.91 Å². The fourth-order valence-electron chi connectivity index (χ4n) is 2.19. The predicted molar refractivity (Wildman–Crippen MR) is 72.7 cm³/mol. The molecule has 0 spiro atoms. The Kier molecular flexibility index (Phi) is 4.96. The first-order valence-electron chi connectivity index (χ1n) is 6.37. The third-order valence-electron chi connectivity index (χ3n) is 3.22. The lowest BCUT2D eigenvalue weighted by atomic mass is 9.93. The molecule has 4 nitrogen and oxygen atoms in total. The minimum absolute atomic E-state index is 0.0169. The van der Waals surface area contributed by atoms with Gasteiger partial charge < -0.3 is 10.6 Å². The van der Waals surface area contributed by atoms with Gasteiger partial charge in [-0.3, -0.25) is 4.79 Å². The van der Waals surface area contributed by atoms with Gasteiger partial charge in [-0.2, -0.15) is 0 Å². The van der Waals surface area contributed by atoms with Gasteiger partial charge in [0.15, 0.2) is 0 Å². The van der Waals surface area contributed by atoms with E-state index in [2.05, 4.69) is 15.6 Å². The number of anilines is 1. The lowest BCUT2D eigenvalue weighted by Crippen LogP contribution is -2.28. The standard InChI is InChI=1S/C13H18ClN3O/c14-11-2-1-3-12(16-11)17-13(18)5-4-10-6-8-15-9-7-10/h1-3,10,15H,4-9H2,(H,16,17,18). The van der Waals surface area contributed by atoms with Gasteiger partial charge in [0.05, 0.1) is 0 Å². The van der Waals surface area contributed by atoms with Gasteiger partial charge in [0.1, 0.15) is 11.0 Å². The van der Waals surface area contributed by atoms with E-state index in [9.17, 15) is 4.79 Å². The molecule has 0 atom stereocenters. The molecule has 2 N–H and O–H groups in total. The molecule has 98 valence electrons. The number of nitrogens with one attached hydrogen (secondary N) is 2. The highest BCUT2D eigenvalue weighted by Crippen LogP contribution is 2.18. The summed E-state index contributed by atoms with van der Waals surface area (Å²) < 4.78 is 0. The minimum Gasteiger partial charge on any atom is -0.317 e. The van der Waals surface area contributed by atoms with Crippen LogP contribution in [0.3, 0.4) is 0 Å². The van der Waals surface area contributed by atoms with Crippen LogP contribution < -0.4 is 10.6 Å². The summed E-state index contributed by atoms with van der Waals surface area (Å²) >= 11 is 5.76. The van der Waals surface area contributed by atoms with Crippen molar-refractivity contribution in [1.29, 1.82) is 0 Å². The van der Waals surface area contributed by atoms with Crippen molar-refractivity contribution in [2.75, 3.05) is 18.4 Å². The van der Waals surface area contributed by atoms with Crippen molar-refractivity contribution in [3.63, 3.8) is 0 Å². The lowest BCUT2D eigenvalue weighted by molar-refractivity contribution is -0.116. The second kappa shape index (κ2) is 6.71. The van der Waals surface area contributed by atoms with Crippen molar-refractivity contribution >= 4 is 23.3 Å². The van der Waals surface area contributed by atoms with Crippen LogP contribution in [-0.4, -0.2) is 24.0 Å². The number of aromatic nitrogens is 1. The molecule has 1 aliphatic heterocycles. The monoisotopic (exact) mass is 267 g/mol. The van der Waals surface area contributed by atoms with E-state index in [1.807, 2.05) is 0 Å². The van der Waals surface area contributed by atoms with E-state index in [4.69, 9.17) is 11.6 Å². The maximum atomic E-state index is 11.8. The number of pyridine rings is 1. The van der Waals surface area contributed by atoms with Crippen molar-refractivity contribution < 1.29 is 4.79 Å². The summed E-state index contributed by atoms with van der Waals surface area (Å²) in [5.41, 5.74) is 0. The van der Waals surface area contributed by atoms with Gasteiger partial charge in [-0.05, 0) is 50.4 Å². The molecule has 0 unspecified atom stereocenters. The molecule has 0 bridgehead atoms. The van der Waals surface area contributed by atoms with Crippen molar-refractivity contribution in [3.05, 3.63) is 23.4 Å². The number of hydrogen-bond donors (Lipinski definition) is 2. The van der Waals surface area contributed by atoms with Gasteiger partial charge in [-0.1, -0.05) is 17.7 Å². The Hall–Kier alpha value is -1.13. The normalized spacial score (nSPS) is 16.5. The summed E-state index contributed by atoms with van der Waals surface area (Å²) in [6.45, 7) is 2.14. The molecule has 1 amide bonds. The molecule has 18 heavy (non-hydrogen) atoms. The molecular weight excluding hydrogens is 250 g/mol. The van der Waals surface area contributed by atoms with Gasteiger partial charge in [-0.25, -0.2) is 4.98 Å². The van der Waals surface area contributed by atoms with Gasteiger partial charge in [0, 0.05) is 6.42 Å². The number of halogens is 1. The molecule has 1 aliphatic rings. The van der Waals surface area contributed by atoms with Crippen LogP contribution in [0.5, 0.6) is 0 Å². The Balaban J connectivity index is 1.74. The highest BCUT2D eigenvalue weighted by molar-refractivity contribution is 6.29. The number of amides is 1. The van der Waals surface area contributed by atoms with E-state index in [1.165, 1.54) is 12.8 Å². The molecule has 0 saturated carbocycles. The number of carbonyl (C=O) groups excluding carboxylic acids is 1. The molecule has 2 heterocycles. The predicted octanol–water partition coefficient (Wildman–Crippen LogP) is 2.45. The van der Waals surface area contributed by atoms with E-state index in [0.29, 0.717) is 23.3 Å². The van der Waals surface area contributed by atoms with Crippen molar-refractivity contribution in [2.45, 2.75) is 25.7 Å². The van der Waals surface area contributed by atoms with Crippen LogP contribution in [0.25, 0.3) is 0 Å². The Bertz CT molecular complexity index is 405. The first kappa shape index (κ1) is 13.3. The van der Waals surface area contributed by atoms with Crippen LogP contribution in [0.2, 0.25) is 5.15 Å².